The van der Waals surface area contributed by atoms with Crippen molar-refractivity contribution in [2.24, 2.45) is 11.3 Å². The Morgan fingerprint density at radius 3 is 2.34 bits per heavy atom. The molecular formula is C39H45F2N7O7S. The SMILES string of the molecule is C[C@H]1C/C=C/c2cccc(c2)-c2nn(nc2-c2ccccc2)C2C[C@@H](C(=O)N[C@@]3(C(=O)NS(=O)(=O)C4CC4)C[C@H]3C(F)F)N(C2)C(=O)[C@H](C(C)(C)C)NC(=O)O1. The number of alkyl halides is 2. The Bertz CT molecular complexity index is 2170. The summed E-state index contributed by atoms with van der Waals surface area (Å²) in [4.78, 5) is 58.4. The Balaban J connectivity index is 1.30. The number of ether oxygens (including phenoxy) is 1. The molecule has 298 valence electrons. The van der Waals surface area contributed by atoms with E-state index in [1.54, 1.807) is 27.7 Å². The smallest absolute Gasteiger partial charge is 0.408 e. The summed E-state index contributed by atoms with van der Waals surface area (Å²) in [5.74, 6) is -4.50. The van der Waals surface area contributed by atoms with E-state index in [9.17, 15) is 36.4 Å². The van der Waals surface area contributed by atoms with E-state index < -0.39 is 93.0 Å². The van der Waals surface area contributed by atoms with E-state index in [0.717, 1.165) is 16.7 Å². The molecule has 1 saturated heterocycles. The van der Waals surface area contributed by atoms with Crippen LogP contribution in [-0.4, -0.2) is 94.1 Å². The summed E-state index contributed by atoms with van der Waals surface area (Å²) in [6.45, 7) is 6.78. The van der Waals surface area contributed by atoms with E-state index in [0.29, 0.717) is 30.7 Å². The van der Waals surface area contributed by atoms with Gasteiger partial charge in [-0.2, -0.15) is 15.0 Å². The van der Waals surface area contributed by atoms with Gasteiger partial charge in [0.25, 0.3) is 5.91 Å². The second kappa shape index (κ2) is 14.7. The maximum Gasteiger partial charge on any atom is 0.408 e. The summed E-state index contributed by atoms with van der Waals surface area (Å²) in [6, 6.07) is 13.7. The molecule has 3 N–H and O–H groups in total. The number of aromatic nitrogens is 3. The number of carbonyl (C=O) groups is 4. The fourth-order valence-electron chi connectivity index (χ4n) is 7.36. The van der Waals surface area contributed by atoms with Crippen molar-refractivity contribution >= 4 is 39.9 Å². The number of halogens is 2. The number of hydrogen-bond acceptors (Lipinski definition) is 9. The van der Waals surface area contributed by atoms with Gasteiger partial charge < -0.3 is 20.3 Å². The molecule has 0 radical (unpaired) electrons. The summed E-state index contributed by atoms with van der Waals surface area (Å²) in [6.07, 6.45) is -0.265. The highest BCUT2D eigenvalue weighted by atomic mass is 32.2. The summed E-state index contributed by atoms with van der Waals surface area (Å²) in [7, 11) is -4.13. The number of alkyl carbamates (subject to hydrolysis) is 1. The lowest BCUT2D eigenvalue weighted by Gasteiger charge is -2.35. The van der Waals surface area contributed by atoms with Crippen molar-refractivity contribution in [1.29, 1.82) is 0 Å². The van der Waals surface area contributed by atoms with Gasteiger partial charge in [-0.25, -0.2) is 22.0 Å². The average molecular weight is 794 g/mol. The molecular weight excluding hydrogens is 749 g/mol. The van der Waals surface area contributed by atoms with Gasteiger partial charge in [-0.05, 0) is 43.2 Å². The zero-order valence-electron chi connectivity index (χ0n) is 31.4. The number of fused-ring (bicyclic) bond motifs is 8. The third-order valence-corrected chi connectivity index (χ3v) is 12.6. The summed E-state index contributed by atoms with van der Waals surface area (Å²) >= 11 is 0. The van der Waals surface area contributed by atoms with Crippen LogP contribution in [0, 0.1) is 11.3 Å². The molecule has 14 nitrogen and oxygen atoms in total. The van der Waals surface area contributed by atoms with E-state index >= 15 is 0 Å². The Labute approximate surface area is 323 Å². The predicted octanol–water partition coefficient (Wildman–Crippen LogP) is 4.45. The molecule has 4 aliphatic rings. The second-order valence-electron chi connectivity index (χ2n) is 16.2. The molecule has 3 heterocycles. The minimum Gasteiger partial charge on any atom is -0.446 e. The fraction of sp³-hybridized carbons (Fsp3) is 0.487. The number of rotatable bonds is 7. The van der Waals surface area contributed by atoms with Gasteiger partial charge in [0.1, 0.15) is 35.1 Å². The van der Waals surface area contributed by atoms with Gasteiger partial charge >= 0.3 is 6.09 Å². The number of amides is 4. The van der Waals surface area contributed by atoms with Gasteiger partial charge in [0.05, 0.1) is 17.2 Å². The van der Waals surface area contributed by atoms with Crippen LogP contribution in [0.4, 0.5) is 13.6 Å². The number of benzene rings is 2. The highest BCUT2D eigenvalue weighted by molar-refractivity contribution is 7.91. The van der Waals surface area contributed by atoms with Crippen molar-refractivity contribution in [3.05, 3.63) is 66.2 Å². The Morgan fingerprint density at radius 2 is 1.70 bits per heavy atom. The first-order valence-electron chi connectivity index (χ1n) is 18.7. The molecule has 56 heavy (non-hydrogen) atoms. The number of carbonyl (C=O) groups excluding carboxylic acids is 4. The largest absolute Gasteiger partial charge is 0.446 e. The molecule has 6 bridgehead atoms. The van der Waals surface area contributed by atoms with Crippen molar-refractivity contribution in [3.8, 4) is 22.5 Å². The minimum atomic E-state index is -4.13. The number of cyclic esters (lactones) is 1. The summed E-state index contributed by atoms with van der Waals surface area (Å²) in [5.41, 5.74) is 0.336. The predicted molar refractivity (Wildman–Crippen MR) is 201 cm³/mol. The molecule has 2 aliphatic carbocycles. The number of nitrogens with zero attached hydrogens (tertiary/aromatic N) is 4. The van der Waals surface area contributed by atoms with Crippen molar-refractivity contribution in [3.63, 3.8) is 0 Å². The molecule has 2 aliphatic heterocycles. The molecule has 2 aromatic carbocycles. The van der Waals surface area contributed by atoms with Crippen LogP contribution in [0.15, 0.2) is 60.7 Å². The molecule has 0 spiro atoms. The van der Waals surface area contributed by atoms with Gasteiger partial charge in [-0.1, -0.05) is 81.5 Å². The molecule has 6 atom stereocenters. The minimum absolute atomic E-state index is 0.0987. The molecule has 7 rings (SSSR count). The van der Waals surface area contributed by atoms with E-state index in [1.807, 2.05) is 71.5 Å². The average Bonchev–Trinajstić information content (AvgIpc) is 4.03. The summed E-state index contributed by atoms with van der Waals surface area (Å²) < 4.78 is 61.3. The van der Waals surface area contributed by atoms with Crippen LogP contribution in [0.5, 0.6) is 0 Å². The normalized spacial score (nSPS) is 27.4. The monoisotopic (exact) mass is 793 g/mol. The Morgan fingerprint density at radius 1 is 1.02 bits per heavy atom. The summed E-state index contributed by atoms with van der Waals surface area (Å²) in [5, 5.41) is 14.1. The second-order valence-corrected chi connectivity index (χ2v) is 18.1. The van der Waals surface area contributed by atoms with Crippen LogP contribution in [0.2, 0.25) is 0 Å². The van der Waals surface area contributed by atoms with Crippen LogP contribution in [0.1, 0.15) is 71.4 Å². The van der Waals surface area contributed by atoms with Crippen molar-refractivity contribution in [1.82, 2.24) is 35.2 Å². The van der Waals surface area contributed by atoms with Gasteiger partial charge in [-0.3, -0.25) is 19.1 Å². The molecule has 2 saturated carbocycles. The van der Waals surface area contributed by atoms with Crippen LogP contribution >= 0.6 is 0 Å². The fourth-order valence-corrected chi connectivity index (χ4v) is 8.73. The number of nitrogens with one attached hydrogen (secondary N) is 3. The first-order valence-corrected chi connectivity index (χ1v) is 20.2. The highest BCUT2D eigenvalue weighted by Gasteiger charge is 2.67. The topological polar surface area (TPSA) is 182 Å². The quantitative estimate of drug-likeness (QED) is 0.312. The van der Waals surface area contributed by atoms with Crippen molar-refractivity contribution in [2.45, 2.75) is 101 Å². The van der Waals surface area contributed by atoms with Gasteiger partial charge in [0.2, 0.25) is 28.3 Å². The molecule has 3 fully saturated rings. The standard InChI is InChI=1S/C39H45F2N7O7S/c1-22-10-8-11-23-12-9-15-25(18-23)31-30(24-13-6-5-7-14-24)44-48(45-31)26-19-29(47(21-26)35(50)32(38(2,3)4)42-37(52)55-22)34(49)43-39(20-28(39)33(40)41)36(51)46-56(53,54)27-16-17-27/h5-9,11-15,18,22,26-29,32-33H,10,16-17,19-21H2,1-4H3,(H,42,52)(H,43,49)(H,46,51)/b11-8+/t22-,26?,28-,29-,32+,39-/m0/s1. The molecule has 1 aromatic heterocycles. The van der Waals surface area contributed by atoms with Crippen LogP contribution < -0.4 is 15.4 Å². The van der Waals surface area contributed by atoms with Gasteiger partial charge in [-0.15, -0.1) is 0 Å². The van der Waals surface area contributed by atoms with E-state index in [4.69, 9.17) is 14.9 Å². The lowest BCUT2D eigenvalue weighted by molar-refractivity contribution is -0.143. The first kappa shape index (κ1) is 39.1. The van der Waals surface area contributed by atoms with Crippen molar-refractivity contribution < 1.29 is 41.1 Å². The van der Waals surface area contributed by atoms with Gasteiger partial charge in [0.15, 0.2) is 0 Å². The maximum atomic E-state index is 14.6. The van der Waals surface area contributed by atoms with E-state index in [1.165, 1.54) is 9.70 Å². The lowest BCUT2D eigenvalue weighted by Crippen LogP contribution is -2.60. The third-order valence-electron chi connectivity index (χ3n) is 10.8. The molecule has 3 aromatic rings. The Kier molecular flexibility index (Phi) is 10.3. The molecule has 4 amide bonds. The zero-order valence-corrected chi connectivity index (χ0v) is 32.3. The zero-order chi connectivity index (χ0) is 40.2. The Hall–Kier alpha value is -5.19. The molecule has 1 unspecified atom stereocenters. The van der Waals surface area contributed by atoms with Gasteiger partial charge in [0, 0.05) is 30.5 Å². The van der Waals surface area contributed by atoms with Crippen LogP contribution in [-0.2, 0) is 29.1 Å². The van der Waals surface area contributed by atoms with Crippen molar-refractivity contribution in [2.75, 3.05) is 6.54 Å². The maximum absolute atomic E-state index is 14.6. The van der Waals surface area contributed by atoms with Crippen LogP contribution in [0.3, 0.4) is 0 Å². The number of hydrogen-bond donors (Lipinski definition) is 3. The first-order chi connectivity index (χ1) is 26.5. The molecule has 17 heteroatoms. The van der Waals surface area contributed by atoms with E-state index in [-0.39, 0.29) is 13.0 Å². The van der Waals surface area contributed by atoms with E-state index in [2.05, 4.69) is 10.6 Å². The number of sulfonamides is 1. The van der Waals surface area contributed by atoms with Crippen LogP contribution in [0.25, 0.3) is 28.6 Å². The lowest BCUT2D eigenvalue weighted by atomic mass is 9.85. The highest BCUT2D eigenvalue weighted by Crippen LogP contribution is 2.49. The third kappa shape index (κ3) is 7.90.